The zero-order valence-electron chi connectivity index (χ0n) is 9.96. The maximum Gasteiger partial charge on any atom is 0.126 e. The summed E-state index contributed by atoms with van der Waals surface area (Å²) in [6.07, 6.45) is 0.973. The molecule has 0 fully saturated rings. The molecule has 1 aromatic heterocycles. The Morgan fingerprint density at radius 3 is 2.88 bits per heavy atom. The highest BCUT2D eigenvalue weighted by molar-refractivity contribution is 7.09. The lowest BCUT2D eigenvalue weighted by atomic mass is 10.2. The lowest BCUT2D eigenvalue weighted by molar-refractivity contribution is 0.618. The Morgan fingerprint density at radius 1 is 1.41 bits per heavy atom. The second kappa shape index (κ2) is 5.27. The number of hydrogen-bond donors (Lipinski definition) is 1. The Labute approximate surface area is 105 Å². The van der Waals surface area contributed by atoms with Crippen molar-refractivity contribution in [2.75, 3.05) is 5.32 Å². The van der Waals surface area contributed by atoms with Gasteiger partial charge in [0, 0.05) is 11.1 Å². The molecule has 0 amide bonds. The Bertz CT molecular complexity index is 508. The summed E-state index contributed by atoms with van der Waals surface area (Å²) in [4.78, 5) is 4.47. The Balaban J connectivity index is 1.99. The SMILES string of the molecule is CCc1nc(CNc2ccc(F)c(C)c2)cs1. The zero-order chi connectivity index (χ0) is 12.3. The first-order valence-corrected chi connectivity index (χ1v) is 6.50. The van der Waals surface area contributed by atoms with Crippen LogP contribution in [0.3, 0.4) is 0 Å². The molecule has 0 unspecified atom stereocenters. The highest BCUT2D eigenvalue weighted by Gasteiger charge is 2.01. The molecule has 0 aliphatic carbocycles. The summed E-state index contributed by atoms with van der Waals surface area (Å²) in [5.41, 5.74) is 2.62. The lowest BCUT2D eigenvalue weighted by Gasteiger charge is -2.05. The van der Waals surface area contributed by atoms with E-state index in [4.69, 9.17) is 0 Å². The molecule has 2 nitrogen and oxygen atoms in total. The third kappa shape index (κ3) is 3.03. The molecule has 0 atom stereocenters. The molecule has 1 aromatic carbocycles. The Morgan fingerprint density at radius 2 is 2.24 bits per heavy atom. The number of aryl methyl sites for hydroxylation is 2. The molecule has 2 aromatic rings. The van der Waals surface area contributed by atoms with Gasteiger partial charge in [-0.3, -0.25) is 0 Å². The molecule has 0 spiro atoms. The van der Waals surface area contributed by atoms with Crippen LogP contribution in [-0.4, -0.2) is 4.98 Å². The van der Waals surface area contributed by atoms with Crippen LogP contribution >= 0.6 is 11.3 Å². The van der Waals surface area contributed by atoms with Crippen molar-refractivity contribution in [2.24, 2.45) is 0 Å². The van der Waals surface area contributed by atoms with Crippen LogP contribution in [-0.2, 0) is 13.0 Å². The van der Waals surface area contributed by atoms with Gasteiger partial charge < -0.3 is 5.32 Å². The maximum atomic E-state index is 13.1. The molecule has 1 heterocycles. The maximum absolute atomic E-state index is 13.1. The monoisotopic (exact) mass is 250 g/mol. The number of rotatable bonds is 4. The van der Waals surface area contributed by atoms with E-state index >= 15 is 0 Å². The highest BCUT2D eigenvalue weighted by Crippen LogP contribution is 2.16. The van der Waals surface area contributed by atoms with Crippen molar-refractivity contribution in [3.8, 4) is 0 Å². The number of aromatic nitrogens is 1. The van der Waals surface area contributed by atoms with Gasteiger partial charge in [0.05, 0.1) is 17.2 Å². The molecule has 4 heteroatoms. The molecule has 0 aliphatic heterocycles. The number of thiazole rings is 1. The van der Waals surface area contributed by atoms with E-state index in [1.807, 2.05) is 6.07 Å². The predicted octanol–water partition coefficient (Wildman–Crippen LogP) is 3.77. The van der Waals surface area contributed by atoms with Crippen molar-refractivity contribution in [1.29, 1.82) is 0 Å². The van der Waals surface area contributed by atoms with E-state index in [0.717, 1.165) is 22.8 Å². The summed E-state index contributed by atoms with van der Waals surface area (Å²) in [5, 5.41) is 6.45. The average Bonchev–Trinajstić information content (AvgIpc) is 2.79. The Kier molecular flexibility index (Phi) is 3.74. The smallest absolute Gasteiger partial charge is 0.126 e. The number of anilines is 1. The molecule has 2 rings (SSSR count). The lowest BCUT2D eigenvalue weighted by Crippen LogP contribution is -2.00. The van der Waals surface area contributed by atoms with Crippen LogP contribution in [0, 0.1) is 12.7 Å². The molecule has 90 valence electrons. The summed E-state index contributed by atoms with van der Waals surface area (Å²) < 4.78 is 13.1. The van der Waals surface area contributed by atoms with E-state index in [1.165, 1.54) is 6.07 Å². The van der Waals surface area contributed by atoms with Gasteiger partial charge in [0.15, 0.2) is 0 Å². The van der Waals surface area contributed by atoms with Gasteiger partial charge in [0.1, 0.15) is 5.82 Å². The minimum absolute atomic E-state index is 0.169. The van der Waals surface area contributed by atoms with Gasteiger partial charge in [-0.05, 0) is 37.1 Å². The standard InChI is InChI=1S/C13H15FN2S/c1-3-13-16-11(8-17-13)7-15-10-4-5-12(14)9(2)6-10/h4-6,8,15H,3,7H2,1-2H3. The quantitative estimate of drug-likeness (QED) is 0.893. The molecular formula is C13H15FN2S. The van der Waals surface area contributed by atoms with E-state index in [0.29, 0.717) is 12.1 Å². The minimum atomic E-state index is -0.169. The summed E-state index contributed by atoms with van der Waals surface area (Å²) in [6.45, 7) is 4.54. The minimum Gasteiger partial charge on any atom is -0.379 e. The number of nitrogens with zero attached hydrogens (tertiary/aromatic N) is 1. The summed E-state index contributed by atoms with van der Waals surface area (Å²) in [6, 6.07) is 5.04. The van der Waals surface area contributed by atoms with Gasteiger partial charge in [-0.25, -0.2) is 9.37 Å². The van der Waals surface area contributed by atoms with E-state index in [9.17, 15) is 4.39 Å². The predicted molar refractivity (Wildman–Crippen MR) is 70.0 cm³/mol. The van der Waals surface area contributed by atoms with E-state index in [1.54, 1.807) is 24.3 Å². The molecule has 0 saturated heterocycles. The fraction of sp³-hybridized carbons (Fsp3) is 0.308. The molecule has 0 bridgehead atoms. The first-order valence-electron chi connectivity index (χ1n) is 5.62. The zero-order valence-corrected chi connectivity index (χ0v) is 10.8. The van der Waals surface area contributed by atoms with Crippen LogP contribution in [0.4, 0.5) is 10.1 Å². The highest BCUT2D eigenvalue weighted by atomic mass is 32.1. The number of benzene rings is 1. The van der Waals surface area contributed by atoms with Crippen LogP contribution in [0.5, 0.6) is 0 Å². The fourth-order valence-electron chi connectivity index (χ4n) is 1.54. The number of nitrogens with one attached hydrogen (secondary N) is 1. The third-order valence-electron chi connectivity index (χ3n) is 2.53. The summed E-state index contributed by atoms with van der Waals surface area (Å²) in [5.74, 6) is -0.169. The van der Waals surface area contributed by atoms with Crippen LogP contribution in [0.15, 0.2) is 23.6 Å². The number of hydrogen-bond acceptors (Lipinski definition) is 3. The fourth-order valence-corrected chi connectivity index (χ4v) is 2.28. The molecular weight excluding hydrogens is 235 g/mol. The van der Waals surface area contributed by atoms with Crippen molar-refractivity contribution in [1.82, 2.24) is 4.98 Å². The van der Waals surface area contributed by atoms with Crippen molar-refractivity contribution in [3.63, 3.8) is 0 Å². The van der Waals surface area contributed by atoms with Gasteiger partial charge in [0.2, 0.25) is 0 Å². The van der Waals surface area contributed by atoms with Crippen LogP contribution in [0.2, 0.25) is 0 Å². The summed E-state index contributed by atoms with van der Waals surface area (Å²) >= 11 is 1.68. The summed E-state index contributed by atoms with van der Waals surface area (Å²) in [7, 11) is 0. The van der Waals surface area contributed by atoms with Gasteiger partial charge in [-0.1, -0.05) is 6.92 Å². The molecule has 0 aliphatic rings. The first-order chi connectivity index (χ1) is 8.19. The Hall–Kier alpha value is -1.42. The van der Waals surface area contributed by atoms with Crippen LogP contribution in [0.1, 0.15) is 23.2 Å². The van der Waals surface area contributed by atoms with E-state index < -0.39 is 0 Å². The van der Waals surface area contributed by atoms with Crippen LogP contribution < -0.4 is 5.32 Å². The van der Waals surface area contributed by atoms with E-state index in [-0.39, 0.29) is 5.82 Å². The van der Waals surface area contributed by atoms with Crippen molar-refractivity contribution in [3.05, 3.63) is 45.7 Å². The average molecular weight is 250 g/mol. The van der Waals surface area contributed by atoms with Gasteiger partial charge in [0.25, 0.3) is 0 Å². The second-order valence-electron chi connectivity index (χ2n) is 3.90. The van der Waals surface area contributed by atoms with Gasteiger partial charge in [-0.2, -0.15) is 0 Å². The molecule has 1 N–H and O–H groups in total. The van der Waals surface area contributed by atoms with Crippen molar-refractivity contribution in [2.45, 2.75) is 26.8 Å². The normalized spacial score (nSPS) is 10.5. The largest absolute Gasteiger partial charge is 0.379 e. The first kappa shape index (κ1) is 12.0. The van der Waals surface area contributed by atoms with Gasteiger partial charge in [-0.15, -0.1) is 11.3 Å². The van der Waals surface area contributed by atoms with Crippen molar-refractivity contribution < 1.29 is 4.39 Å². The second-order valence-corrected chi connectivity index (χ2v) is 4.85. The number of halogens is 1. The molecule has 17 heavy (non-hydrogen) atoms. The third-order valence-corrected chi connectivity index (χ3v) is 3.58. The van der Waals surface area contributed by atoms with Gasteiger partial charge >= 0.3 is 0 Å². The topological polar surface area (TPSA) is 24.9 Å². The molecule has 0 radical (unpaired) electrons. The van der Waals surface area contributed by atoms with Crippen molar-refractivity contribution >= 4 is 17.0 Å². The van der Waals surface area contributed by atoms with Crippen LogP contribution in [0.25, 0.3) is 0 Å². The van der Waals surface area contributed by atoms with E-state index in [2.05, 4.69) is 22.6 Å². The molecule has 0 saturated carbocycles.